The zero-order chi connectivity index (χ0) is 14.5. The van der Waals surface area contributed by atoms with Crippen LogP contribution in [0.1, 0.15) is 25.3 Å². The highest BCUT2D eigenvalue weighted by atomic mass is 16.5. The van der Waals surface area contributed by atoms with Gasteiger partial charge in [-0.05, 0) is 31.0 Å². The molecule has 0 saturated heterocycles. The Hall–Kier alpha value is -1.17. The van der Waals surface area contributed by atoms with Gasteiger partial charge < -0.3 is 19.5 Å². The van der Waals surface area contributed by atoms with Crippen molar-refractivity contribution in [1.82, 2.24) is 10.3 Å². The Morgan fingerprint density at radius 1 is 1.20 bits per heavy atom. The summed E-state index contributed by atoms with van der Waals surface area (Å²) in [6, 6.07) is 3.96. The third-order valence-corrected chi connectivity index (χ3v) is 2.67. The Morgan fingerprint density at radius 3 is 2.90 bits per heavy atom. The first kappa shape index (κ1) is 16.9. The van der Waals surface area contributed by atoms with Crippen LogP contribution in [0.2, 0.25) is 0 Å². The second-order valence-corrected chi connectivity index (χ2v) is 4.49. The van der Waals surface area contributed by atoms with Crippen molar-refractivity contribution >= 4 is 0 Å². The van der Waals surface area contributed by atoms with E-state index in [9.17, 15) is 0 Å². The van der Waals surface area contributed by atoms with E-state index in [0.717, 1.165) is 32.5 Å². The normalized spacial score (nSPS) is 10.7. The van der Waals surface area contributed by atoms with Crippen molar-refractivity contribution in [3.05, 3.63) is 23.9 Å². The fraction of sp³-hybridized carbons (Fsp3) is 0.667. The van der Waals surface area contributed by atoms with Crippen LogP contribution in [0.25, 0.3) is 0 Å². The molecule has 0 saturated carbocycles. The Balaban J connectivity index is 2.14. The molecule has 5 heteroatoms. The first-order chi connectivity index (χ1) is 9.86. The SMILES string of the molecule is CCCNCc1ccnc(OCCOCCCOC)c1. The van der Waals surface area contributed by atoms with Crippen LogP contribution in [0.4, 0.5) is 0 Å². The zero-order valence-electron chi connectivity index (χ0n) is 12.6. The van der Waals surface area contributed by atoms with E-state index in [0.29, 0.717) is 25.7 Å². The summed E-state index contributed by atoms with van der Waals surface area (Å²) in [5.74, 6) is 0.654. The summed E-state index contributed by atoms with van der Waals surface area (Å²) in [6.45, 7) is 6.55. The van der Waals surface area contributed by atoms with E-state index in [1.54, 1.807) is 13.3 Å². The van der Waals surface area contributed by atoms with Crippen LogP contribution >= 0.6 is 0 Å². The summed E-state index contributed by atoms with van der Waals surface area (Å²) in [6.07, 6.45) is 3.82. The molecule has 0 bridgehead atoms. The molecule has 0 aliphatic heterocycles. The molecule has 0 aromatic carbocycles. The van der Waals surface area contributed by atoms with E-state index >= 15 is 0 Å². The third-order valence-electron chi connectivity index (χ3n) is 2.67. The molecule has 20 heavy (non-hydrogen) atoms. The first-order valence-corrected chi connectivity index (χ1v) is 7.22. The van der Waals surface area contributed by atoms with Gasteiger partial charge in [-0.3, -0.25) is 0 Å². The highest BCUT2D eigenvalue weighted by Gasteiger charge is 1.98. The van der Waals surface area contributed by atoms with Gasteiger partial charge in [-0.1, -0.05) is 6.92 Å². The van der Waals surface area contributed by atoms with Crippen molar-refractivity contribution in [1.29, 1.82) is 0 Å². The molecule has 0 radical (unpaired) electrons. The molecule has 0 atom stereocenters. The van der Waals surface area contributed by atoms with Crippen LogP contribution in [0.15, 0.2) is 18.3 Å². The molecule has 0 fully saturated rings. The molecule has 1 rings (SSSR count). The summed E-state index contributed by atoms with van der Waals surface area (Å²) >= 11 is 0. The van der Waals surface area contributed by atoms with E-state index in [-0.39, 0.29) is 0 Å². The van der Waals surface area contributed by atoms with Crippen LogP contribution in [-0.2, 0) is 16.0 Å². The molecule has 0 aliphatic rings. The smallest absolute Gasteiger partial charge is 0.213 e. The molecular weight excluding hydrogens is 256 g/mol. The second-order valence-electron chi connectivity index (χ2n) is 4.49. The molecule has 0 aliphatic carbocycles. The first-order valence-electron chi connectivity index (χ1n) is 7.22. The molecule has 114 valence electrons. The van der Waals surface area contributed by atoms with E-state index in [2.05, 4.69) is 17.2 Å². The zero-order valence-corrected chi connectivity index (χ0v) is 12.6. The van der Waals surface area contributed by atoms with Gasteiger partial charge in [0, 0.05) is 39.1 Å². The second kappa shape index (κ2) is 11.6. The molecule has 0 spiro atoms. The lowest BCUT2D eigenvalue weighted by atomic mass is 10.2. The summed E-state index contributed by atoms with van der Waals surface area (Å²) in [5.41, 5.74) is 1.18. The van der Waals surface area contributed by atoms with E-state index in [1.807, 2.05) is 12.1 Å². The molecule has 1 aromatic rings. The number of pyridine rings is 1. The van der Waals surface area contributed by atoms with Crippen molar-refractivity contribution in [2.24, 2.45) is 0 Å². The lowest BCUT2D eigenvalue weighted by Crippen LogP contribution is -2.14. The van der Waals surface area contributed by atoms with Crippen LogP contribution in [-0.4, -0.2) is 45.1 Å². The highest BCUT2D eigenvalue weighted by molar-refractivity contribution is 5.20. The summed E-state index contributed by atoms with van der Waals surface area (Å²) in [7, 11) is 1.69. The number of aromatic nitrogens is 1. The summed E-state index contributed by atoms with van der Waals surface area (Å²) < 4.78 is 15.9. The Labute approximate surface area is 121 Å². The van der Waals surface area contributed by atoms with Gasteiger partial charge in [-0.25, -0.2) is 4.98 Å². The number of nitrogens with one attached hydrogen (secondary N) is 1. The minimum atomic E-state index is 0.520. The van der Waals surface area contributed by atoms with Crippen molar-refractivity contribution < 1.29 is 14.2 Å². The number of hydrogen-bond donors (Lipinski definition) is 1. The van der Waals surface area contributed by atoms with Gasteiger partial charge in [0.25, 0.3) is 0 Å². The molecule has 1 N–H and O–H groups in total. The van der Waals surface area contributed by atoms with Crippen molar-refractivity contribution in [3.63, 3.8) is 0 Å². The van der Waals surface area contributed by atoms with Gasteiger partial charge in [0.2, 0.25) is 5.88 Å². The Bertz CT molecular complexity index is 348. The molecule has 1 aromatic heterocycles. The maximum absolute atomic E-state index is 5.56. The van der Waals surface area contributed by atoms with Gasteiger partial charge in [-0.2, -0.15) is 0 Å². The topological polar surface area (TPSA) is 52.6 Å². The van der Waals surface area contributed by atoms with Gasteiger partial charge in [0.05, 0.1) is 6.61 Å². The lowest BCUT2D eigenvalue weighted by molar-refractivity contribution is 0.0795. The van der Waals surface area contributed by atoms with Gasteiger partial charge in [-0.15, -0.1) is 0 Å². The molecule has 1 heterocycles. The standard InChI is InChI=1S/C15H26N2O3/c1-3-6-16-13-14-5-7-17-15(12-14)20-11-10-19-9-4-8-18-2/h5,7,12,16H,3-4,6,8-11,13H2,1-2H3. The average Bonchev–Trinajstić information content (AvgIpc) is 2.47. The largest absolute Gasteiger partial charge is 0.475 e. The number of nitrogens with zero attached hydrogens (tertiary/aromatic N) is 1. The number of hydrogen-bond acceptors (Lipinski definition) is 5. The van der Waals surface area contributed by atoms with Gasteiger partial charge in [0.15, 0.2) is 0 Å². The van der Waals surface area contributed by atoms with E-state index in [4.69, 9.17) is 14.2 Å². The Kier molecular flexibility index (Phi) is 9.83. The third kappa shape index (κ3) is 8.09. The maximum Gasteiger partial charge on any atom is 0.213 e. The fourth-order valence-electron chi connectivity index (χ4n) is 1.66. The van der Waals surface area contributed by atoms with E-state index in [1.165, 1.54) is 5.56 Å². The Morgan fingerprint density at radius 2 is 2.10 bits per heavy atom. The number of methoxy groups -OCH3 is 1. The summed E-state index contributed by atoms with van der Waals surface area (Å²) in [4.78, 5) is 4.19. The number of ether oxygens (including phenoxy) is 3. The van der Waals surface area contributed by atoms with Crippen LogP contribution in [0.3, 0.4) is 0 Å². The molecule has 5 nitrogen and oxygen atoms in total. The monoisotopic (exact) mass is 282 g/mol. The predicted octanol–water partition coefficient (Wildman–Crippen LogP) is 2.01. The lowest BCUT2D eigenvalue weighted by Gasteiger charge is -2.08. The van der Waals surface area contributed by atoms with Crippen molar-refractivity contribution in [3.8, 4) is 5.88 Å². The average molecular weight is 282 g/mol. The maximum atomic E-state index is 5.56. The quantitative estimate of drug-likeness (QED) is 0.594. The predicted molar refractivity (Wildman–Crippen MR) is 79.0 cm³/mol. The minimum absolute atomic E-state index is 0.520. The highest BCUT2D eigenvalue weighted by Crippen LogP contribution is 2.09. The minimum Gasteiger partial charge on any atom is -0.475 e. The molecular formula is C15H26N2O3. The molecule has 0 unspecified atom stereocenters. The fourth-order valence-corrected chi connectivity index (χ4v) is 1.66. The van der Waals surface area contributed by atoms with Crippen LogP contribution < -0.4 is 10.1 Å². The summed E-state index contributed by atoms with van der Waals surface area (Å²) in [5, 5.41) is 3.35. The van der Waals surface area contributed by atoms with Crippen LogP contribution in [0.5, 0.6) is 5.88 Å². The van der Waals surface area contributed by atoms with Crippen LogP contribution in [0, 0.1) is 0 Å². The van der Waals surface area contributed by atoms with Gasteiger partial charge >= 0.3 is 0 Å². The van der Waals surface area contributed by atoms with Crippen molar-refractivity contribution in [2.75, 3.05) is 40.1 Å². The van der Waals surface area contributed by atoms with Gasteiger partial charge in [0.1, 0.15) is 6.61 Å². The number of rotatable bonds is 12. The molecule has 0 amide bonds. The van der Waals surface area contributed by atoms with Crippen molar-refractivity contribution in [2.45, 2.75) is 26.3 Å². The van der Waals surface area contributed by atoms with E-state index < -0.39 is 0 Å².